The van der Waals surface area contributed by atoms with Crippen molar-refractivity contribution in [3.63, 3.8) is 0 Å². The van der Waals surface area contributed by atoms with Gasteiger partial charge in [-0.3, -0.25) is 4.79 Å². The van der Waals surface area contributed by atoms with Crippen LogP contribution in [0, 0.1) is 0 Å². The Morgan fingerprint density at radius 2 is 2.10 bits per heavy atom. The van der Waals surface area contributed by atoms with Crippen LogP contribution < -0.4 is 11.1 Å². The summed E-state index contributed by atoms with van der Waals surface area (Å²) in [5.41, 5.74) is 5.50. The van der Waals surface area contributed by atoms with Crippen LogP contribution in [0.3, 0.4) is 0 Å². The molecule has 1 atom stereocenters. The van der Waals surface area contributed by atoms with Crippen molar-refractivity contribution < 1.29 is 9.32 Å². The lowest BCUT2D eigenvalue weighted by atomic mass is 9.96. The average Bonchev–Trinajstić information content (AvgIpc) is 2.77. The fourth-order valence-electron chi connectivity index (χ4n) is 1.59. The van der Waals surface area contributed by atoms with Crippen LogP contribution in [0.2, 0.25) is 0 Å². The predicted molar refractivity (Wildman–Crippen MR) is 84.5 cm³/mol. The maximum Gasteiger partial charge on any atom is 0.226 e. The van der Waals surface area contributed by atoms with Crippen LogP contribution in [0.15, 0.2) is 4.52 Å². The highest BCUT2D eigenvalue weighted by atomic mass is 35.5. The zero-order valence-corrected chi connectivity index (χ0v) is 14.1. The number of aromatic nitrogens is 2. The maximum atomic E-state index is 11.6. The van der Waals surface area contributed by atoms with Gasteiger partial charge in [-0.1, -0.05) is 25.9 Å². The van der Waals surface area contributed by atoms with Gasteiger partial charge in [0, 0.05) is 30.8 Å². The van der Waals surface area contributed by atoms with Gasteiger partial charge in [-0.25, -0.2) is 0 Å². The SMILES string of the molecule is CC(N)CCNC(=O)CCCc1nc(C(C)(C)C)no1.Cl. The molecule has 1 amide bonds. The third-order valence-corrected chi connectivity index (χ3v) is 2.86. The molecule has 0 saturated carbocycles. The Labute approximate surface area is 132 Å². The Kier molecular flexibility index (Phi) is 8.51. The summed E-state index contributed by atoms with van der Waals surface area (Å²) >= 11 is 0. The molecule has 3 N–H and O–H groups in total. The topological polar surface area (TPSA) is 94.0 Å². The van der Waals surface area contributed by atoms with E-state index in [9.17, 15) is 4.79 Å². The Hall–Kier alpha value is -1.14. The summed E-state index contributed by atoms with van der Waals surface area (Å²) in [6.45, 7) is 8.66. The first-order valence-corrected chi connectivity index (χ1v) is 7.14. The highest BCUT2D eigenvalue weighted by Gasteiger charge is 2.20. The molecular weight excluding hydrogens is 292 g/mol. The van der Waals surface area contributed by atoms with E-state index in [2.05, 4.69) is 15.5 Å². The van der Waals surface area contributed by atoms with Crippen LogP contribution in [-0.4, -0.2) is 28.6 Å². The quantitative estimate of drug-likeness (QED) is 0.801. The average molecular weight is 319 g/mol. The minimum Gasteiger partial charge on any atom is -0.356 e. The van der Waals surface area contributed by atoms with E-state index in [1.165, 1.54) is 0 Å². The van der Waals surface area contributed by atoms with E-state index < -0.39 is 0 Å². The summed E-state index contributed by atoms with van der Waals surface area (Å²) < 4.78 is 5.18. The second-order valence-electron chi connectivity index (χ2n) is 6.23. The Bertz CT molecular complexity index is 427. The maximum absolute atomic E-state index is 11.6. The van der Waals surface area contributed by atoms with Gasteiger partial charge in [-0.15, -0.1) is 12.4 Å². The lowest BCUT2D eigenvalue weighted by Crippen LogP contribution is -2.28. The molecule has 0 bridgehead atoms. The van der Waals surface area contributed by atoms with E-state index in [1.807, 2.05) is 27.7 Å². The molecule has 122 valence electrons. The van der Waals surface area contributed by atoms with Gasteiger partial charge in [0.25, 0.3) is 0 Å². The minimum absolute atomic E-state index is 0. The number of nitrogens with one attached hydrogen (secondary N) is 1. The van der Waals surface area contributed by atoms with E-state index in [0.29, 0.717) is 37.5 Å². The number of carbonyl (C=O) groups is 1. The number of aryl methyl sites for hydroxylation is 1. The molecule has 0 fully saturated rings. The van der Waals surface area contributed by atoms with Crippen molar-refractivity contribution in [1.82, 2.24) is 15.5 Å². The van der Waals surface area contributed by atoms with Gasteiger partial charge in [0.15, 0.2) is 5.82 Å². The normalized spacial score (nSPS) is 12.6. The Morgan fingerprint density at radius 1 is 1.43 bits per heavy atom. The molecular formula is C14H27ClN4O2. The van der Waals surface area contributed by atoms with Gasteiger partial charge in [-0.2, -0.15) is 4.98 Å². The van der Waals surface area contributed by atoms with Crippen molar-refractivity contribution in [1.29, 1.82) is 0 Å². The molecule has 0 spiro atoms. The number of rotatable bonds is 7. The Balaban J connectivity index is 0.00000400. The zero-order chi connectivity index (χ0) is 15.2. The molecule has 6 nitrogen and oxygen atoms in total. The van der Waals surface area contributed by atoms with Gasteiger partial charge in [0.05, 0.1) is 0 Å². The van der Waals surface area contributed by atoms with Crippen molar-refractivity contribution in [2.75, 3.05) is 6.54 Å². The van der Waals surface area contributed by atoms with Gasteiger partial charge < -0.3 is 15.6 Å². The fourth-order valence-corrected chi connectivity index (χ4v) is 1.59. The van der Waals surface area contributed by atoms with Crippen molar-refractivity contribution in [3.05, 3.63) is 11.7 Å². The molecule has 1 aromatic rings. The van der Waals surface area contributed by atoms with Crippen LogP contribution in [0.4, 0.5) is 0 Å². The van der Waals surface area contributed by atoms with Gasteiger partial charge in [0.2, 0.25) is 11.8 Å². The second kappa shape index (κ2) is 9.00. The highest BCUT2D eigenvalue weighted by Crippen LogP contribution is 2.18. The first kappa shape index (κ1) is 19.9. The van der Waals surface area contributed by atoms with Crippen LogP contribution in [0.25, 0.3) is 0 Å². The third-order valence-electron chi connectivity index (χ3n) is 2.86. The second-order valence-corrected chi connectivity index (χ2v) is 6.23. The summed E-state index contributed by atoms with van der Waals surface area (Å²) in [5, 5.41) is 6.80. The molecule has 0 aliphatic rings. The summed E-state index contributed by atoms with van der Waals surface area (Å²) in [7, 11) is 0. The predicted octanol–water partition coefficient (Wildman–Crippen LogP) is 1.97. The molecule has 21 heavy (non-hydrogen) atoms. The first-order valence-electron chi connectivity index (χ1n) is 7.14. The monoisotopic (exact) mass is 318 g/mol. The first-order chi connectivity index (χ1) is 9.29. The van der Waals surface area contributed by atoms with E-state index in [0.717, 1.165) is 6.42 Å². The number of amides is 1. The molecule has 0 aromatic carbocycles. The molecule has 0 saturated heterocycles. The lowest BCUT2D eigenvalue weighted by molar-refractivity contribution is -0.121. The molecule has 1 aromatic heterocycles. The van der Waals surface area contributed by atoms with Crippen LogP contribution >= 0.6 is 12.4 Å². The number of hydrogen-bond acceptors (Lipinski definition) is 5. The van der Waals surface area contributed by atoms with E-state index >= 15 is 0 Å². The summed E-state index contributed by atoms with van der Waals surface area (Å²) in [5.74, 6) is 1.34. The number of nitrogens with two attached hydrogens (primary N) is 1. The number of halogens is 1. The molecule has 0 aliphatic carbocycles. The summed E-state index contributed by atoms with van der Waals surface area (Å²) in [6.07, 6.45) is 2.59. The van der Waals surface area contributed by atoms with E-state index in [4.69, 9.17) is 10.3 Å². The molecule has 1 rings (SSSR count). The largest absolute Gasteiger partial charge is 0.356 e. The van der Waals surface area contributed by atoms with E-state index in [-0.39, 0.29) is 29.8 Å². The smallest absolute Gasteiger partial charge is 0.226 e. The Morgan fingerprint density at radius 3 is 2.62 bits per heavy atom. The van der Waals surface area contributed by atoms with Crippen molar-refractivity contribution in [2.45, 2.75) is 64.8 Å². The number of hydrogen-bond donors (Lipinski definition) is 2. The number of carbonyl (C=O) groups excluding carboxylic acids is 1. The van der Waals surface area contributed by atoms with Crippen LogP contribution in [0.5, 0.6) is 0 Å². The van der Waals surface area contributed by atoms with Gasteiger partial charge in [-0.05, 0) is 19.8 Å². The van der Waals surface area contributed by atoms with Crippen molar-refractivity contribution in [3.8, 4) is 0 Å². The highest BCUT2D eigenvalue weighted by molar-refractivity contribution is 5.85. The zero-order valence-electron chi connectivity index (χ0n) is 13.3. The standard InChI is InChI=1S/C14H26N4O2.ClH/c1-10(15)8-9-16-11(19)6-5-7-12-17-13(18-20-12)14(2,3)4;/h10H,5-9,15H2,1-4H3,(H,16,19);1H. The van der Waals surface area contributed by atoms with Gasteiger partial charge >= 0.3 is 0 Å². The van der Waals surface area contributed by atoms with Gasteiger partial charge in [0.1, 0.15) is 0 Å². The molecule has 7 heteroatoms. The minimum atomic E-state index is -0.113. The number of nitrogens with zero attached hydrogens (tertiary/aromatic N) is 2. The van der Waals surface area contributed by atoms with Crippen LogP contribution in [-0.2, 0) is 16.6 Å². The fraction of sp³-hybridized carbons (Fsp3) is 0.786. The molecule has 1 unspecified atom stereocenters. The van der Waals surface area contributed by atoms with E-state index in [1.54, 1.807) is 0 Å². The molecule has 0 radical (unpaired) electrons. The molecule has 0 aliphatic heterocycles. The summed E-state index contributed by atoms with van der Waals surface area (Å²) in [6, 6.07) is 0.115. The lowest BCUT2D eigenvalue weighted by Gasteiger charge is -2.10. The van der Waals surface area contributed by atoms with Crippen LogP contribution in [0.1, 0.15) is 58.7 Å². The van der Waals surface area contributed by atoms with Crippen molar-refractivity contribution >= 4 is 18.3 Å². The summed E-state index contributed by atoms with van der Waals surface area (Å²) in [4.78, 5) is 15.9. The van der Waals surface area contributed by atoms with Crippen molar-refractivity contribution in [2.24, 2.45) is 5.73 Å². The molecule has 1 heterocycles. The third kappa shape index (κ3) is 8.02.